The maximum absolute atomic E-state index is 12.8. The van der Waals surface area contributed by atoms with Crippen molar-refractivity contribution in [2.75, 3.05) is 24.6 Å². The Morgan fingerprint density at radius 3 is 2.63 bits per heavy atom. The highest BCUT2D eigenvalue weighted by Crippen LogP contribution is 2.23. The van der Waals surface area contributed by atoms with Crippen LogP contribution in [0.5, 0.6) is 0 Å². The molecular formula is C25H27N7O5S. The van der Waals surface area contributed by atoms with Crippen LogP contribution in [0.25, 0.3) is 10.2 Å². The maximum atomic E-state index is 12.8. The molecule has 2 aromatic carbocycles. The minimum atomic E-state index is -1.16. The lowest BCUT2D eigenvalue weighted by molar-refractivity contribution is -0.145. The number of nitrogens with one attached hydrogen (secondary N) is 4. The quantitative estimate of drug-likeness (QED) is 0.155. The highest BCUT2D eigenvalue weighted by Gasteiger charge is 2.34. The Morgan fingerprint density at radius 2 is 1.95 bits per heavy atom. The second-order valence-electron chi connectivity index (χ2n) is 8.41. The predicted octanol–water partition coefficient (Wildman–Crippen LogP) is 1.35. The molecular weight excluding hydrogens is 510 g/mol. The number of amides is 4. The third-order valence-electron chi connectivity index (χ3n) is 5.83. The van der Waals surface area contributed by atoms with Gasteiger partial charge in [-0.2, -0.15) is 0 Å². The topological polar surface area (TPSA) is 180 Å². The number of ether oxygens (including phenoxy) is 1. The standard InChI is InChI=1S/C25H27N7O5S/c1-2-37-24(35)18(29-21(33)22-30-16-5-3-4-6-19(16)38-22)13-28-25(36)31-17-11-12-32(23(17)34)15-9-7-14(8-10-15)20(26)27/h3-10,17-18H,2,11-13H2,1H3,(H3,26,27)(H,29,33)(H2,28,31,36)/t17?,18-/m0/s1. The summed E-state index contributed by atoms with van der Waals surface area (Å²) in [6.07, 6.45) is 0.385. The van der Waals surface area contributed by atoms with Gasteiger partial charge < -0.3 is 31.3 Å². The average molecular weight is 538 g/mol. The van der Waals surface area contributed by atoms with Gasteiger partial charge >= 0.3 is 12.0 Å². The van der Waals surface area contributed by atoms with Gasteiger partial charge in [-0.15, -0.1) is 11.3 Å². The van der Waals surface area contributed by atoms with Crippen molar-refractivity contribution in [3.63, 3.8) is 0 Å². The minimum Gasteiger partial charge on any atom is -0.464 e. The zero-order valence-electron chi connectivity index (χ0n) is 20.5. The van der Waals surface area contributed by atoms with Gasteiger partial charge in [0.25, 0.3) is 5.91 Å². The van der Waals surface area contributed by atoms with Gasteiger partial charge in [0.05, 0.1) is 23.4 Å². The van der Waals surface area contributed by atoms with E-state index in [0.717, 1.165) is 4.70 Å². The van der Waals surface area contributed by atoms with Gasteiger partial charge in [0.1, 0.15) is 17.9 Å². The molecule has 6 N–H and O–H groups in total. The summed E-state index contributed by atoms with van der Waals surface area (Å²) in [5.41, 5.74) is 7.31. The number of urea groups is 1. The number of carbonyl (C=O) groups excluding carboxylic acids is 4. The second kappa shape index (κ2) is 11.7. The van der Waals surface area contributed by atoms with Crippen LogP contribution in [-0.4, -0.2) is 66.4 Å². The van der Waals surface area contributed by atoms with Crippen LogP contribution in [0.4, 0.5) is 10.5 Å². The summed E-state index contributed by atoms with van der Waals surface area (Å²) >= 11 is 1.19. The molecule has 0 aliphatic carbocycles. The molecule has 1 unspecified atom stereocenters. The molecule has 0 bridgehead atoms. The Bertz CT molecular complexity index is 1340. The smallest absolute Gasteiger partial charge is 0.330 e. The number of rotatable bonds is 9. The van der Waals surface area contributed by atoms with Crippen molar-refractivity contribution in [2.45, 2.75) is 25.4 Å². The van der Waals surface area contributed by atoms with E-state index in [4.69, 9.17) is 15.9 Å². The van der Waals surface area contributed by atoms with Crippen molar-refractivity contribution >= 4 is 56.9 Å². The van der Waals surface area contributed by atoms with E-state index in [9.17, 15) is 19.2 Å². The molecule has 1 saturated heterocycles. The zero-order valence-corrected chi connectivity index (χ0v) is 21.3. The third-order valence-corrected chi connectivity index (χ3v) is 6.87. The fraction of sp³-hybridized carbons (Fsp3) is 0.280. The van der Waals surface area contributed by atoms with Crippen LogP contribution in [-0.2, 0) is 14.3 Å². The van der Waals surface area contributed by atoms with Crippen LogP contribution in [0.2, 0.25) is 0 Å². The highest BCUT2D eigenvalue weighted by molar-refractivity contribution is 7.20. The molecule has 2 heterocycles. The number of amidine groups is 1. The molecule has 0 saturated carbocycles. The first-order valence-electron chi connectivity index (χ1n) is 11.9. The SMILES string of the molecule is CCOC(=O)[C@H](CNC(=O)NC1CCN(c2ccc(C(=N)N)cc2)C1=O)NC(=O)c1nc2ccccc2s1. The van der Waals surface area contributed by atoms with E-state index >= 15 is 0 Å². The van der Waals surface area contributed by atoms with E-state index in [2.05, 4.69) is 20.9 Å². The number of nitrogen functional groups attached to an aromatic ring is 1. The number of benzene rings is 2. The first-order valence-corrected chi connectivity index (χ1v) is 12.7. The first kappa shape index (κ1) is 26.5. The lowest BCUT2D eigenvalue weighted by atomic mass is 10.2. The Balaban J connectivity index is 1.34. The monoisotopic (exact) mass is 537 g/mol. The molecule has 3 aromatic rings. The van der Waals surface area contributed by atoms with Gasteiger partial charge in [-0.1, -0.05) is 12.1 Å². The molecule has 198 valence electrons. The lowest BCUT2D eigenvalue weighted by Crippen LogP contribution is -2.53. The first-order chi connectivity index (χ1) is 18.3. The number of nitrogens with two attached hydrogens (primary N) is 1. The molecule has 38 heavy (non-hydrogen) atoms. The van der Waals surface area contributed by atoms with Crippen molar-refractivity contribution < 1.29 is 23.9 Å². The van der Waals surface area contributed by atoms with Crippen molar-refractivity contribution in [1.29, 1.82) is 5.41 Å². The summed E-state index contributed by atoms with van der Waals surface area (Å²) in [6, 6.07) is 11.4. The van der Waals surface area contributed by atoms with Gasteiger partial charge in [-0.25, -0.2) is 14.6 Å². The van der Waals surface area contributed by atoms with Crippen molar-refractivity contribution in [3.8, 4) is 0 Å². The van der Waals surface area contributed by atoms with Gasteiger partial charge in [0, 0.05) is 17.8 Å². The largest absolute Gasteiger partial charge is 0.464 e. The van der Waals surface area contributed by atoms with Crippen LogP contribution in [0, 0.1) is 5.41 Å². The number of anilines is 1. The van der Waals surface area contributed by atoms with Crippen LogP contribution < -0.4 is 26.6 Å². The van der Waals surface area contributed by atoms with E-state index < -0.39 is 30.0 Å². The molecule has 4 amide bonds. The molecule has 12 nitrogen and oxygen atoms in total. The van der Waals surface area contributed by atoms with Crippen LogP contribution >= 0.6 is 11.3 Å². The summed E-state index contributed by atoms with van der Waals surface area (Å²) in [5, 5.41) is 15.4. The molecule has 1 aliphatic heterocycles. The molecule has 13 heteroatoms. The van der Waals surface area contributed by atoms with Crippen molar-refractivity contribution in [3.05, 3.63) is 59.1 Å². The number of esters is 1. The molecule has 1 aromatic heterocycles. The number of hydrogen-bond acceptors (Lipinski definition) is 8. The summed E-state index contributed by atoms with van der Waals surface area (Å²) in [4.78, 5) is 56.4. The van der Waals surface area contributed by atoms with Crippen molar-refractivity contribution in [1.82, 2.24) is 20.9 Å². The minimum absolute atomic E-state index is 0.0714. The van der Waals surface area contributed by atoms with Crippen LogP contribution in [0.3, 0.4) is 0 Å². The number of fused-ring (bicyclic) bond motifs is 1. The fourth-order valence-electron chi connectivity index (χ4n) is 3.92. The van der Waals surface area contributed by atoms with Gasteiger partial charge in [-0.05, 0) is 49.7 Å². The van der Waals surface area contributed by atoms with E-state index in [1.54, 1.807) is 37.3 Å². The Hall–Kier alpha value is -4.52. The summed E-state index contributed by atoms with van der Waals surface area (Å²) in [7, 11) is 0. The Kier molecular flexibility index (Phi) is 8.16. The van der Waals surface area contributed by atoms with Gasteiger partial charge in [0.15, 0.2) is 5.01 Å². The number of nitrogens with zero attached hydrogens (tertiary/aromatic N) is 2. The average Bonchev–Trinajstić information content (AvgIpc) is 3.50. The summed E-state index contributed by atoms with van der Waals surface area (Å²) in [5.74, 6) is -1.64. The van der Waals surface area contributed by atoms with Crippen LogP contribution in [0.1, 0.15) is 28.7 Å². The zero-order chi connectivity index (χ0) is 27.2. The normalized spacial score (nSPS) is 15.7. The predicted molar refractivity (Wildman–Crippen MR) is 142 cm³/mol. The molecule has 1 aliphatic rings. The maximum Gasteiger partial charge on any atom is 0.330 e. The molecule has 0 radical (unpaired) electrons. The number of hydrogen-bond donors (Lipinski definition) is 5. The Labute approximate surface area is 222 Å². The van der Waals surface area contributed by atoms with E-state index in [-0.39, 0.29) is 29.9 Å². The van der Waals surface area contributed by atoms with E-state index in [1.807, 2.05) is 18.2 Å². The third kappa shape index (κ3) is 6.06. The molecule has 0 spiro atoms. The van der Waals surface area contributed by atoms with Crippen molar-refractivity contribution in [2.24, 2.45) is 5.73 Å². The van der Waals surface area contributed by atoms with Crippen LogP contribution in [0.15, 0.2) is 48.5 Å². The Morgan fingerprint density at radius 1 is 1.21 bits per heavy atom. The fourth-order valence-corrected chi connectivity index (χ4v) is 4.79. The molecule has 2 atom stereocenters. The van der Waals surface area contributed by atoms with E-state index in [0.29, 0.717) is 29.7 Å². The highest BCUT2D eigenvalue weighted by atomic mass is 32.1. The number of thiazole rings is 1. The number of carbonyl (C=O) groups is 4. The lowest BCUT2D eigenvalue weighted by Gasteiger charge is -2.19. The number of aromatic nitrogens is 1. The summed E-state index contributed by atoms with van der Waals surface area (Å²) in [6.45, 7) is 1.87. The van der Waals surface area contributed by atoms with E-state index in [1.165, 1.54) is 16.2 Å². The molecule has 1 fully saturated rings. The molecule has 4 rings (SSSR count). The summed E-state index contributed by atoms with van der Waals surface area (Å²) < 4.78 is 5.87. The second-order valence-corrected chi connectivity index (χ2v) is 9.44. The van der Waals surface area contributed by atoms with Gasteiger partial charge in [-0.3, -0.25) is 15.0 Å². The number of para-hydroxylation sites is 1. The van der Waals surface area contributed by atoms with Gasteiger partial charge in [0.2, 0.25) is 5.91 Å².